The molecule has 1 rings (SSSR count). The Morgan fingerprint density at radius 1 is 1.21 bits per heavy atom. The van der Waals surface area contributed by atoms with Crippen LogP contribution in [0.3, 0.4) is 0 Å². The van der Waals surface area contributed by atoms with Crippen LogP contribution in [0.5, 0.6) is 0 Å². The molecule has 0 bridgehead atoms. The maximum absolute atomic E-state index is 11.9. The fourth-order valence-electron chi connectivity index (χ4n) is 1.60. The van der Waals surface area contributed by atoms with Gasteiger partial charge in [-0.2, -0.15) is 0 Å². The molecule has 102 valence electrons. The number of hydrogen-bond donors (Lipinski definition) is 2. The van der Waals surface area contributed by atoms with Gasteiger partial charge in [0.05, 0.1) is 0 Å². The van der Waals surface area contributed by atoms with Crippen molar-refractivity contribution in [2.75, 3.05) is 0 Å². The molecule has 3 N–H and O–H groups in total. The summed E-state index contributed by atoms with van der Waals surface area (Å²) >= 11 is 0. The molecule has 0 saturated carbocycles. The van der Waals surface area contributed by atoms with Gasteiger partial charge in [-0.1, -0.05) is 25.1 Å². The second-order valence-electron chi connectivity index (χ2n) is 4.23. The van der Waals surface area contributed by atoms with Gasteiger partial charge in [-0.15, -0.1) is 0 Å². The van der Waals surface area contributed by atoms with Crippen LogP contribution in [0.2, 0.25) is 0 Å². The fraction of sp³-hybridized carbons (Fsp3) is 0.357. The van der Waals surface area contributed by atoms with Gasteiger partial charge >= 0.3 is 0 Å². The number of nitrogens with two attached hydrogens (primary N) is 1. The first-order valence-corrected chi connectivity index (χ1v) is 6.21. The third-order valence-electron chi connectivity index (χ3n) is 2.79. The number of amides is 2. The first kappa shape index (κ1) is 14.9. The largest absolute Gasteiger partial charge is 0.368 e. The zero-order valence-electron chi connectivity index (χ0n) is 10.9. The molecule has 0 aliphatic carbocycles. The molecule has 0 aliphatic heterocycles. The smallest absolute Gasteiger partial charge is 0.251 e. The van der Waals surface area contributed by atoms with E-state index in [4.69, 9.17) is 5.73 Å². The van der Waals surface area contributed by atoms with Gasteiger partial charge in [0.1, 0.15) is 11.8 Å². The van der Waals surface area contributed by atoms with Crippen molar-refractivity contribution in [3.05, 3.63) is 35.9 Å². The molecule has 0 fully saturated rings. The second kappa shape index (κ2) is 7.31. The summed E-state index contributed by atoms with van der Waals surface area (Å²) in [6.45, 7) is 1.75. The normalized spacial score (nSPS) is 11.6. The van der Waals surface area contributed by atoms with Crippen LogP contribution in [0, 0.1) is 0 Å². The molecule has 5 heteroatoms. The van der Waals surface area contributed by atoms with Crippen LogP contribution in [0.1, 0.15) is 36.5 Å². The van der Waals surface area contributed by atoms with E-state index < -0.39 is 11.9 Å². The predicted molar refractivity (Wildman–Crippen MR) is 71.4 cm³/mol. The molecule has 1 atom stereocenters. The van der Waals surface area contributed by atoms with Crippen LogP contribution in [0.15, 0.2) is 30.3 Å². The molecule has 0 aliphatic rings. The maximum atomic E-state index is 11.9. The Kier molecular flexibility index (Phi) is 5.73. The SMILES string of the molecule is CCC(=O)CC[C@H](NC(=O)c1ccccc1)C(N)=O. The van der Waals surface area contributed by atoms with Crippen LogP contribution in [-0.2, 0) is 9.59 Å². The second-order valence-corrected chi connectivity index (χ2v) is 4.23. The van der Waals surface area contributed by atoms with Crippen molar-refractivity contribution in [2.45, 2.75) is 32.2 Å². The van der Waals surface area contributed by atoms with Gasteiger partial charge in [-0.25, -0.2) is 0 Å². The van der Waals surface area contributed by atoms with Crippen LogP contribution >= 0.6 is 0 Å². The lowest BCUT2D eigenvalue weighted by Crippen LogP contribution is -2.44. The Hall–Kier alpha value is -2.17. The van der Waals surface area contributed by atoms with E-state index in [9.17, 15) is 14.4 Å². The van der Waals surface area contributed by atoms with Crippen molar-refractivity contribution in [3.8, 4) is 0 Å². The van der Waals surface area contributed by atoms with E-state index in [2.05, 4.69) is 5.32 Å². The van der Waals surface area contributed by atoms with Crippen LogP contribution in [-0.4, -0.2) is 23.6 Å². The summed E-state index contributed by atoms with van der Waals surface area (Å²) in [5.41, 5.74) is 5.68. The molecule has 0 radical (unpaired) electrons. The van der Waals surface area contributed by atoms with Gasteiger partial charge < -0.3 is 11.1 Å². The highest BCUT2D eigenvalue weighted by Crippen LogP contribution is 2.03. The number of benzene rings is 1. The van der Waals surface area contributed by atoms with Gasteiger partial charge in [0.2, 0.25) is 5.91 Å². The van der Waals surface area contributed by atoms with Gasteiger partial charge in [0, 0.05) is 18.4 Å². The Balaban J connectivity index is 2.61. The van der Waals surface area contributed by atoms with E-state index in [0.717, 1.165) is 0 Å². The zero-order valence-corrected chi connectivity index (χ0v) is 10.9. The molecule has 1 aromatic carbocycles. The summed E-state index contributed by atoms with van der Waals surface area (Å²) in [7, 11) is 0. The number of Topliss-reactive ketones (excluding diaryl/α,β-unsaturated/α-hetero) is 1. The van der Waals surface area contributed by atoms with E-state index >= 15 is 0 Å². The molecule has 0 unspecified atom stereocenters. The Morgan fingerprint density at radius 3 is 2.37 bits per heavy atom. The van der Waals surface area contributed by atoms with Crippen molar-refractivity contribution >= 4 is 17.6 Å². The van der Waals surface area contributed by atoms with E-state index in [1.165, 1.54) is 0 Å². The molecule has 1 aromatic rings. The standard InChI is InChI=1S/C14H18N2O3/c1-2-11(17)8-9-12(13(15)18)16-14(19)10-6-4-3-5-7-10/h3-7,12H,2,8-9H2,1H3,(H2,15,18)(H,16,19)/t12-/m0/s1. The molecule has 0 saturated heterocycles. The molecular weight excluding hydrogens is 244 g/mol. The highest BCUT2D eigenvalue weighted by molar-refractivity contribution is 5.97. The summed E-state index contributed by atoms with van der Waals surface area (Å²) in [6, 6.07) is 7.73. The summed E-state index contributed by atoms with van der Waals surface area (Å²) in [5, 5.41) is 2.55. The number of hydrogen-bond acceptors (Lipinski definition) is 3. The topological polar surface area (TPSA) is 89.3 Å². The summed E-state index contributed by atoms with van der Waals surface area (Å²) in [6.07, 6.45) is 0.887. The van der Waals surface area contributed by atoms with Gasteiger partial charge in [-0.3, -0.25) is 14.4 Å². The first-order valence-electron chi connectivity index (χ1n) is 6.21. The summed E-state index contributed by atoms with van der Waals surface area (Å²) in [4.78, 5) is 34.4. The molecule has 5 nitrogen and oxygen atoms in total. The maximum Gasteiger partial charge on any atom is 0.251 e. The lowest BCUT2D eigenvalue weighted by atomic mass is 10.1. The Labute approximate surface area is 112 Å². The highest BCUT2D eigenvalue weighted by Gasteiger charge is 2.19. The lowest BCUT2D eigenvalue weighted by Gasteiger charge is -2.14. The number of rotatable bonds is 7. The minimum atomic E-state index is -0.816. The number of carbonyl (C=O) groups excluding carboxylic acids is 3. The van der Waals surface area contributed by atoms with Crippen molar-refractivity contribution < 1.29 is 14.4 Å². The molecule has 0 spiro atoms. The fourth-order valence-corrected chi connectivity index (χ4v) is 1.60. The number of carbonyl (C=O) groups is 3. The first-order chi connectivity index (χ1) is 9.04. The number of primary amides is 1. The van der Waals surface area contributed by atoms with Crippen molar-refractivity contribution in [1.82, 2.24) is 5.32 Å². The Bertz CT molecular complexity index is 457. The van der Waals surface area contributed by atoms with Gasteiger partial charge in [0.15, 0.2) is 0 Å². The third kappa shape index (κ3) is 4.91. The van der Waals surface area contributed by atoms with Gasteiger partial charge in [0.25, 0.3) is 5.91 Å². The van der Waals surface area contributed by atoms with E-state index in [0.29, 0.717) is 12.0 Å². The van der Waals surface area contributed by atoms with Crippen LogP contribution in [0.25, 0.3) is 0 Å². The van der Waals surface area contributed by atoms with Crippen molar-refractivity contribution in [3.63, 3.8) is 0 Å². The predicted octanol–water partition coefficient (Wildman–Crippen LogP) is 1.03. The third-order valence-corrected chi connectivity index (χ3v) is 2.79. The molecular formula is C14H18N2O3. The Morgan fingerprint density at radius 2 is 1.84 bits per heavy atom. The van der Waals surface area contributed by atoms with E-state index in [1.54, 1.807) is 37.3 Å². The quantitative estimate of drug-likeness (QED) is 0.769. The number of nitrogens with one attached hydrogen (secondary N) is 1. The van der Waals surface area contributed by atoms with E-state index in [1.807, 2.05) is 0 Å². The van der Waals surface area contributed by atoms with Crippen molar-refractivity contribution in [2.24, 2.45) is 5.73 Å². The average molecular weight is 262 g/mol. The molecule has 0 heterocycles. The number of ketones is 1. The molecule has 19 heavy (non-hydrogen) atoms. The minimum absolute atomic E-state index is 0.0419. The van der Waals surface area contributed by atoms with Crippen molar-refractivity contribution in [1.29, 1.82) is 0 Å². The minimum Gasteiger partial charge on any atom is -0.368 e. The average Bonchev–Trinajstić information content (AvgIpc) is 2.43. The van der Waals surface area contributed by atoms with E-state index in [-0.39, 0.29) is 24.5 Å². The molecule has 0 aromatic heterocycles. The summed E-state index contributed by atoms with van der Waals surface area (Å²) in [5.74, 6) is -0.957. The monoisotopic (exact) mass is 262 g/mol. The lowest BCUT2D eigenvalue weighted by molar-refractivity contribution is -0.121. The van der Waals surface area contributed by atoms with Crippen LogP contribution < -0.4 is 11.1 Å². The summed E-state index contributed by atoms with van der Waals surface area (Å²) < 4.78 is 0. The van der Waals surface area contributed by atoms with Crippen LogP contribution in [0.4, 0.5) is 0 Å². The molecule has 2 amide bonds. The highest BCUT2D eigenvalue weighted by atomic mass is 16.2. The zero-order chi connectivity index (χ0) is 14.3. The van der Waals surface area contributed by atoms with Gasteiger partial charge in [-0.05, 0) is 18.6 Å².